The predicted octanol–water partition coefficient (Wildman–Crippen LogP) is 6.51. The highest BCUT2D eigenvalue weighted by Crippen LogP contribution is 2.44. The van der Waals surface area contributed by atoms with Crippen LogP contribution in [0.25, 0.3) is 0 Å². The average molecular weight is 585 g/mol. The van der Waals surface area contributed by atoms with Crippen LogP contribution in [0.3, 0.4) is 0 Å². The van der Waals surface area contributed by atoms with Crippen molar-refractivity contribution in [2.45, 2.75) is 102 Å². The topological polar surface area (TPSA) is 90.7 Å². The minimum absolute atomic E-state index is 0. The molecule has 0 saturated heterocycles. The molecular weight excluding hydrogens is 536 g/mol. The number of primary amides is 1. The Kier molecular flexibility index (Phi) is 12.7. The van der Waals surface area contributed by atoms with Crippen molar-refractivity contribution in [3.8, 4) is 0 Å². The standard InChI is InChI=1S/C34H48N2O4.ClH/c1-4-34(5-2)29-21-27(32(35)37)17-16-26(29)22-30(39-3)31(34)36-19-18-28(20-24-12-8-6-9-13-24)33(38)40-23-25-14-10-7-11-15-25;/h7,10-11,14-17,21,24,28,30-31,36H,4-6,8-9,12-13,18-20,22-23H2,1-3H3,(H2,35,37);1H/t28?,30-,31+;/m0./s1. The number of halogens is 1. The van der Waals surface area contributed by atoms with Crippen molar-refractivity contribution in [2.24, 2.45) is 17.6 Å². The molecule has 3 N–H and O–H groups in total. The van der Waals surface area contributed by atoms with Gasteiger partial charge in [-0.15, -0.1) is 12.4 Å². The third-order valence-corrected chi connectivity index (χ3v) is 9.64. The van der Waals surface area contributed by atoms with E-state index >= 15 is 0 Å². The summed E-state index contributed by atoms with van der Waals surface area (Å²) < 4.78 is 11.9. The number of nitrogens with one attached hydrogen (secondary N) is 1. The molecule has 0 heterocycles. The molecule has 2 aliphatic carbocycles. The summed E-state index contributed by atoms with van der Waals surface area (Å²) in [5.41, 5.74) is 9.44. The Balaban J connectivity index is 0.00000462. The van der Waals surface area contributed by atoms with Crippen LogP contribution >= 0.6 is 12.4 Å². The molecule has 6 nitrogen and oxygen atoms in total. The van der Waals surface area contributed by atoms with Crippen molar-refractivity contribution < 1.29 is 19.1 Å². The van der Waals surface area contributed by atoms with Crippen LogP contribution in [-0.4, -0.2) is 37.7 Å². The first-order chi connectivity index (χ1) is 19.4. The Morgan fingerprint density at radius 3 is 2.39 bits per heavy atom. The van der Waals surface area contributed by atoms with Gasteiger partial charge in [-0.05, 0) is 67.0 Å². The lowest BCUT2D eigenvalue weighted by Crippen LogP contribution is -2.59. The van der Waals surface area contributed by atoms with Crippen LogP contribution in [0.4, 0.5) is 0 Å². The highest BCUT2D eigenvalue weighted by Gasteiger charge is 2.47. The smallest absolute Gasteiger partial charge is 0.309 e. The van der Waals surface area contributed by atoms with Crippen LogP contribution in [0.5, 0.6) is 0 Å². The lowest BCUT2D eigenvalue weighted by atomic mass is 9.62. The first-order valence-corrected chi connectivity index (χ1v) is 15.3. The molecule has 2 aliphatic rings. The molecule has 0 spiro atoms. The van der Waals surface area contributed by atoms with E-state index in [1.807, 2.05) is 48.5 Å². The highest BCUT2D eigenvalue weighted by molar-refractivity contribution is 5.93. The van der Waals surface area contributed by atoms with E-state index in [1.165, 1.54) is 43.2 Å². The SMILES string of the molecule is CCC1(CC)c2cc(C(N)=O)ccc2C[C@H](OC)[C@H]1NCCC(CC1CCCCC1)C(=O)OCc1ccccc1.Cl. The fourth-order valence-corrected chi connectivity index (χ4v) is 7.26. The van der Waals surface area contributed by atoms with E-state index in [9.17, 15) is 9.59 Å². The van der Waals surface area contributed by atoms with E-state index in [4.69, 9.17) is 15.2 Å². The minimum Gasteiger partial charge on any atom is -0.461 e. The number of methoxy groups -OCH3 is 1. The summed E-state index contributed by atoms with van der Waals surface area (Å²) in [5, 5.41) is 3.85. The largest absolute Gasteiger partial charge is 0.461 e. The number of fused-ring (bicyclic) bond motifs is 1. The van der Waals surface area contributed by atoms with Gasteiger partial charge < -0.3 is 20.5 Å². The van der Waals surface area contributed by atoms with E-state index in [-0.39, 0.29) is 41.9 Å². The van der Waals surface area contributed by atoms with Crippen molar-refractivity contribution in [1.82, 2.24) is 5.32 Å². The molecule has 0 bridgehead atoms. The lowest BCUT2D eigenvalue weighted by Gasteiger charge is -2.49. The Morgan fingerprint density at radius 2 is 1.76 bits per heavy atom. The van der Waals surface area contributed by atoms with E-state index in [2.05, 4.69) is 19.2 Å². The highest BCUT2D eigenvalue weighted by atomic mass is 35.5. The molecule has 1 fully saturated rings. The van der Waals surface area contributed by atoms with Crippen LogP contribution in [0.2, 0.25) is 0 Å². The van der Waals surface area contributed by atoms with Gasteiger partial charge in [0, 0.05) is 30.6 Å². The van der Waals surface area contributed by atoms with Gasteiger partial charge in [0.2, 0.25) is 5.91 Å². The van der Waals surface area contributed by atoms with E-state index in [0.717, 1.165) is 37.7 Å². The number of hydrogen-bond donors (Lipinski definition) is 2. The third-order valence-electron chi connectivity index (χ3n) is 9.64. The molecule has 41 heavy (non-hydrogen) atoms. The van der Waals surface area contributed by atoms with Crippen LogP contribution in [0.15, 0.2) is 48.5 Å². The zero-order chi connectivity index (χ0) is 28.5. The molecule has 7 heteroatoms. The first-order valence-electron chi connectivity index (χ1n) is 15.3. The minimum atomic E-state index is -0.401. The summed E-state index contributed by atoms with van der Waals surface area (Å²) >= 11 is 0. The molecule has 2 aromatic rings. The van der Waals surface area contributed by atoms with Gasteiger partial charge in [0.25, 0.3) is 0 Å². The fourth-order valence-electron chi connectivity index (χ4n) is 7.26. The van der Waals surface area contributed by atoms with Crippen molar-refractivity contribution in [1.29, 1.82) is 0 Å². The number of nitrogens with two attached hydrogens (primary N) is 1. The van der Waals surface area contributed by atoms with Gasteiger partial charge in [-0.1, -0.05) is 82.3 Å². The van der Waals surface area contributed by atoms with Gasteiger partial charge in [0.05, 0.1) is 12.0 Å². The van der Waals surface area contributed by atoms with Crippen molar-refractivity contribution in [2.75, 3.05) is 13.7 Å². The Labute approximate surface area is 252 Å². The second-order valence-electron chi connectivity index (χ2n) is 11.8. The average Bonchev–Trinajstić information content (AvgIpc) is 2.99. The Morgan fingerprint density at radius 1 is 1.05 bits per heavy atom. The normalized spacial score (nSPS) is 20.9. The summed E-state index contributed by atoms with van der Waals surface area (Å²) in [7, 11) is 1.78. The van der Waals surface area contributed by atoms with Crippen LogP contribution < -0.4 is 11.1 Å². The predicted molar refractivity (Wildman–Crippen MR) is 166 cm³/mol. The first kappa shape index (κ1) is 33.1. The molecule has 0 radical (unpaired) electrons. The Bertz CT molecular complexity index is 1110. The molecule has 1 saturated carbocycles. The quantitative estimate of drug-likeness (QED) is 0.262. The van der Waals surface area contributed by atoms with Crippen LogP contribution in [0.1, 0.15) is 98.7 Å². The summed E-state index contributed by atoms with van der Waals surface area (Å²) in [4.78, 5) is 25.4. The number of amides is 1. The van der Waals surface area contributed by atoms with Gasteiger partial charge in [-0.3, -0.25) is 9.59 Å². The monoisotopic (exact) mass is 584 g/mol. The van der Waals surface area contributed by atoms with Crippen molar-refractivity contribution in [3.63, 3.8) is 0 Å². The molecule has 3 atom stereocenters. The van der Waals surface area contributed by atoms with Crippen LogP contribution in [0, 0.1) is 11.8 Å². The molecule has 226 valence electrons. The maximum atomic E-state index is 13.4. The van der Waals surface area contributed by atoms with Gasteiger partial charge >= 0.3 is 5.97 Å². The third kappa shape index (κ3) is 7.91. The number of esters is 1. The summed E-state index contributed by atoms with van der Waals surface area (Å²) in [6.07, 6.45) is 10.4. The van der Waals surface area contributed by atoms with Crippen molar-refractivity contribution >= 4 is 24.3 Å². The number of carbonyl (C=O) groups is 2. The molecule has 4 rings (SSSR count). The van der Waals surface area contributed by atoms with Crippen LogP contribution in [-0.2, 0) is 32.7 Å². The summed E-state index contributed by atoms with van der Waals surface area (Å²) in [5.74, 6) is -0.0251. The van der Waals surface area contributed by atoms with Gasteiger partial charge in [0.15, 0.2) is 0 Å². The summed E-state index contributed by atoms with van der Waals surface area (Å²) in [6, 6.07) is 15.8. The Hall–Kier alpha value is -2.41. The zero-order valence-corrected chi connectivity index (χ0v) is 25.8. The van der Waals surface area contributed by atoms with Gasteiger partial charge in [-0.2, -0.15) is 0 Å². The van der Waals surface area contributed by atoms with Crippen molar-refractivity contribution in [3.05, 3.63) is 70.8 Å². The molecule has 0 aromatic heterocycles. The summed E-state index contributed by atoms with van der Waals surface area (Å²) in [6.45, 7) is 5.44. The lowest BCUT2D eigenvalue weighted by molar-refractivity contribution is -0.151. The number of ether oxygens (including phenoxy) is 2. The number of hydrogen-bond acceptors (Lipinski definition) is 5. The second kappa shape index (κ2) is 15.7. The molecule has 1 unspecified atom stereocenters. The number of rotatable bonds is 13. The van der Waals surface area contributed by atoms with E-state index in [0.29, 0.717) is 24.6 Å². The molecule has 2 aromatic carbocycles. The zero-order valence-electron chi connectivity index (χ0n) is 25.0. The van der Waals surface area contributed by atoms with Gasteiger partial charge in [-0.25, -0.2) is 0 Å². The molecular formula is C34H49ClN2O4. The molecule has 1 amide bonds. The maximum Gasteiger partial charge on any atom is 0.309 e. The maximum absolute atomic E-state index is 13.4. The number of carbonyl (C=O) groups excluding carboxylic acids is 2. The number of benzene rings is 2. The molecule has 0 aliphatic heterocycles. The van der Waals surface area contributed by atoms with Gasteiger partial charge in [0.1, 0.15) is 6.61 Å². The van der Waals surface area contributed by atoms with E-state index in [1.54, 1.807) is 7.11 Å². The van der Waals surface area contributed by atoms with E-state index < -0.39 is 5.91 Å². The fraction of sp³-hybridized carbons (Fsp3) is 0.588. The second-order valence-corrected chi connectivity index (χ2v) is 11.8.